The Morgan fingerprint density at radius 1 is 1.00 bits per heavy atom. The number of pyridine rings is 1. The summed E-state index contributed by atoms with van der Waals surface area (Å²) in [5.74, 6) is 0.486. The van der Waals surface area contributed by atoms with E-state index in [1.54, 1.807) is 41.5 Å². The van der Waals surface area contributed by atoms with Crippen molar-refractivity contribution in [3.05, 3.63) is 69.8 Å². The maximum Gasteiger partial charge on any atom is 0.293 e. The van der Waals surface area contributed by atoms with Gasteiger partial charge in [0.2, 0.25) is 0 Å². The van der Waals surface area contributed by atoms with Crippen LogP contribution in [-0.4, -0.2) is 36.9 Å². The molecule has 4 heterocycles. The average molecular weight is 390 g/mol. The molecule has 148 valence electrons. The molecule has 0 amide bonds. The summed E-state index contributed by atoms with van der Waals surface area (Å²) >= 11 is 0. The molecular weight excluding hydrogens is 368 g/mol. The van der Waals surface area contributed by atoms with Crippen LogP contribution in [0.2, 0.25) is 0 Å². The lowest BCUT2D eigenvalue weighted by atomic mass is 10.2. The lowest BCUT2D eigenvalue weighted by Gasteiger charge is -2.25. The van der Waals surface area contributed by atoms with E-state index in [1.807, 2.05) is 12.1 Å². The van der Waals surface area contributed by atoms with Gasteiger partial charge in [0.05, 0.1) is 18.3 Å². The van der Waals surface area contributed by atoms with Gasteiger partial charge in [0.15, 0.2) is 5.82 Å². The second-order valence-electron chi connectivity index (χ2n) is 7.66. The highest BCUT2D eigenvalue weighted by atomic mass is 16.1. The van der Waals surface area contributed by atoms with E-state index in [0.29, 0.717) is 18.4 Å². The molecule has 1 saturated heterocycles. The Hall–Kier alpha value is -3.29. The monoisotopic (exact) mass is 390 g/mol. The van der Waals surface area contributed by atoms with E-state index >= 15 is 0 Å². The van der Waals surface area contributed by atoms with Crippen LogP contribution < -0.4 is 16.0 Å². The van der Waals surface area contributed by atoms with Crippen molar-refractivity contribution in [2.45, 2.75) is 44.3 Å². The molecule has 0 aromatic carbocycles. The Bertz CT molecular complexity index is 1140. The molecule has 0 radical (unpaired) electrons. The highest BCUT2D eigenvalue weighted by Gasteiger charge is 2.31. The highest BCUT2D eigenvalue weighted by molar-refractivity contribution is 5.57. The molecule has 0 N–H and O–H groups in total. The third-order valence-electron chi connectivity index (χ3n) is 5.67. The van der Waals surface area contributed by atoms with Gasteiger partial charge >= 0.3 is 0 Å². The third kappa shape index (κ3) is 3.46. The van der Waals surface area contributed by atoms with Crippen LogP contribution in [0.15, 0.2) is 58.6 Å². The fourth-order valence-corrected chi connectivity index (χ4v) is 4.01. The van der Waals surface area contributed by atoms with Crippen LogP contribution in [0.4, 0.5) is 5.82 Å². The number of aromatic nitrogens is 5. The van der Waals surface area contributed by atoms with E-state index in [1.165, 1.54) is 4.68 Å². The van der Waals surface area contributed by atoms with Crippen LogP contribution in [0.5, 0.6) is 0 Å². The summed E-state index contributed by atoms with van der Waals surface area (Å²) in [7, 11) is 0. The summed E-state index contributed by atoms with van der Waals surface area (Å²) < 4.78 is 3.30. The maximum atomic E-state index is 12.9. The summed E-state index contributed by atoms with van der Waals surface area (Å²) in [6, 6.07) is 7.34. The largest absolute Gasteiger partial charge is 0.347 e. The molecule has 0 bridgehead atoms. The van der Waals surface area contributed by atoms with E-state index in [0.717, 1.165) is 43.5 Å². The quantitative estimate of drug-likeness (QED) is 0.661. The van der Waals surface area contributed by atoms with Crippen molar-refractivity contribution in [1.29, 1.82) is 0 Å². The minimum atomic E-state index is -0.147. The van der Waals surface area contributed by atoms with Gasteiger partial charge in [-0.1, -0.05) is 0 Å². The molecule has 1 saturated carbocycles. The van der Waals surface area contributed by atoms with E-state index in [-0.39, 0.29) is 17.2 Å². The Morgan fingerprint density at radius 3 is 2.62 bits per heavy atom. The van der Waals surface area contributed by atoms with Crippen LogP contribution in [0.3, 0.4) is 0 Å². The Balaban J connectivity index is 1.44. The Kier molecular flexibility index (Phi) is 4.46. The second-order valence-corrected chi connectivity index (χ2v) is 7.66. The molecule has 3 aromatic heterocycles. The van der Waals surface area contributed by atoms with Crippen molar-refractivity contribution >= 4 is 5.82 Å². The van der Waals surface area contributed by atoms with Crippen LogP contribution in [0, 0.1) is 0 Å². The van der Waals surface area contributed by atoms with E-state index in [9.17, 15) is 9.59 Å². The lowest BCUT2D eigenvalue weighted by Crippen LogP contribution is -2.41. The minimum Gasteiger partial charge on any atom is -0.347 e. The van der Waals surface area contributed by atoms with E-state index in [2.05, 4.69) is 20.0 Å². The summed E-state index contributed by atoms with van der Waals surface area (Å²) in [5, 5.41) is 4.56. The van der Waals surface area contributed by atoms with Gasteiger partial charge in [-0.25, -0.2) is 9.67 Å². The van der Waals surface area contributed by atoms with Crippen molar-refractivity contribution in [3.8, 4) is 11.3 Å². The topological polar surface area (TPSA) is 85.9 Å². The summed E-state index contributed by atoms with van der Waals surface area (Å²) in [6.45, 7) is 1.19. The fraction of sp³-hybridized carbons (Fsp3) is 0.381. The summed E-state index contributed by atoms with van der Waals surface area (Å²) in [5.41, 5.74) is 1.46. The summed E-state index contributed by atoms with van der Waals surface area (Å²) in [6.07, 6.45) is 10.9. The molecule has 1 aliphatic heterocycles. The molecule has 2 aliphatic rings. The molecule has 3 aromatic rings. The number of hydrogen-bond acceptors (Lipinski definition) is 6. The normalized spacial score (nSPS) is 18.9. The van der Waals surface area contributed by atoms with Crippen LogP contribution >= 0.6 is 0 Å². The zero-order chi connectivity index (χ0) is 19.8. The van der Waals surface area contributed by atoms with Crippen LogP contribution in [-0.2, 0) is 6.54 Å². The first-order chi connectivity index (χ1) is 14.2. The number of hydrogen-bond donors (Lipinski definition) is 0. The number of nitrogens with zero attached hydrogens (tertiary/aromatic N) is 6. The van der Waals surface area contributed by atoms with Gasteiger partial charge in [0.25, 0.3) is 11.1 Å². The summed E-state index contributed by atoms with van der Waals surface area (Å²) in [4.78, 5) is 35.8. The third-order valence-corrected chi connectivity index (χ3v) is 5.67. The predicted molar refractivity (Wildman–Crippen MR) is 109 cm³/mol. The Morgan fingerprint density at radius 2 is 1.83 bits per heavy atom. The molecule has 1 atom stereocenters. The lowest BCUT2D eigenvalue weighted by molar-refractivity contribution is 0.487. The predicted octanol–water partition coefficient (Wildman–Crippen LogP) is 1.87. The molecule has 1 aliphatic carbocycles. The van der Waals surface area contributed by atoms with Gasteiger partial charge < -0.3 is 9.47 Å². The zero-order valence-corrected chi connectivity index (χ0v) is 16.0. The van der Waals surface area contributed by atoms with Crippen molar-refractivity contribution in [2.75, 3.05) is 11.4 Å². The van der Waals surface area contributed by atoms with Gasteiger partial charge in [-0.3, -0.25) is 14.6 Å². The SMILES string of the molecule is O=c1c(N2CCCC2Cn2nc(-c3ccncc3)ccc2=O)nccn1C1CC1. The molecule has 29 heavy (non-hydrogen) atoms. The van der Waals surface area contributed by atoms with Crippen molar-refractivity contribution in [3.63, 3.8) is 0 Å². The molecule has 2 fully saturated rings. The van der Waals surface area contributed by atoms with Gasteiger partial charge in [0, 0.05) is 49.0 Å². The van der Waals surface area contributed by atoms with E-state index < -0.39 is 0 Å². The zero-order valence-electron chi connectivity index (χ0n) is 16.0. The van der Waals surface area contributed by atoms with Gasteiger partial charge in [0.1, 0.15) is 0 Å². The second kappa shape index (κ2) is 7.27. The van der Waals surface area contributed by atoms with Gasteiger partial charge in [-0.05, 0) is 43.9 Å². The molecular formula is C21H22N6O2. The fourth-order valence-electron chi connectivity index (χ4n) is 4.01. The maximum absolute atomic E-state index is 12.9. The Labute approximate surface area is 167 Å². The molecule has 5 rings (SSSR count). The molecule has 8 nitrogen and oxygen atoms in total. The number of anilines is 1. The first kappa shape index (κ1) is 17.8. The average Bonchev–Trinajstić information content (AvgIpc) is 3.49. The van der Waals surface area contributed by atoms with Crippen LogP contribution in [0.25, 0.3) is 11.3 Å². The van der Waals surface area contributed by atoms with Gasteiger partial charge in [-0.2, -0.15) is 5.10 Å². The smallest absolute Gasteiger partial charge is 0.293 e. The van der Waals surface area contributed by atoms with Crippen molar-refractivity contribution in [2.24, 2.45) is 0 Å². The van der Waals surface area contributed by atoms with Crippen molar-refractivity contribution < 1.29 is 0 Å². The first-order valence-electron chi connectivity index (χ1n) is 10.0. The van der Waals surface area contributed by atoms with E-state index in [4.69, 9.17) is 0 Å². The minimum absolute atomic E-state index is 0.0168. The van der Waals surface area contributed by atoms with Gasteiger partial charge in [-0.15, -0.1) is 0 Å². The first-order valence-corrected chi connectivity index (χ1v) is 10.0. The highest BCUT2D eigenvalue weighted by Crippen LogP contribution is 2.33. The molecule has 8 heteroatoms. The standard InChI is InChI=1S/C21H22N6O2/c28-19-6-5-18(15-7-9-22-10-8-15)24-27(19)14-17-2-1-12-25(17)20-21(29)26(13-11-23-20)16-3-4-16/h5-11,13,16-17H,1-4,12,14H2. The van der Waals surface area contributed by atoms with Crippen molar-refractivity contribution in [1.82, 2.24) is 24.3 Å². The van der Waals surface area contributed by atoms with Crippen LogP contribution in [0.1, 0.15) is 31.7 Å². The number of rotatable bonds is 5. The molecule has 1 unspecified atom stereocenters. The molecule has 0 spiro atoms.